The van der Waals surface area contributed by atoms with Crippen molar-refractivity contribution in [1.29, 1.82) is 5.26 Å². The van der Waals surface area contributed by atoms with Crippen molar-refractivity contribution in [3.8, 4) is 6.07 Å². The van der Waals surface area contributed by atoms with Gasteiger partial charge in [0, 0.05) is 6.08 Å². The fourth-order valence-electron chi connectivity index (χ4n) is 4.50. The van der Waals surface area contributed by atoms with Crippen LogP contribution in [0.1, 0.15) is 84.0 Å². The van der Waals surface area contributed by atoms with E-state index in [1.165, 1.54) is 51.0 Å². The molecule has 0 amide bonds. The largest absolute Gasteiger partial charge is 0.462 e. The van der Waals surface area contributed by atoms with Crippen LogP contribution in [0, 0.1) is 29.1 Å². The number of nitrogens with zero attached hydrogens (tertiary/aromatic N) is 1. The lowest BCUT2D eigenvalue weighted by molar-refractivity contribution is -0.157. The molecule has 0 saturated heterocycles. The predicted octanol–water partition coefficient (Wildman–Crippen LogP) is 6.11. The van der Waals surface area contributed by atoms with Gasteiger partial charge in [-0.05, 0) is 76.0 Å². The molecule has 2 rings (SSSR count). The van der Waals surface area contributed by atoms with Gasteiger partial charge < -0.3 is 4.74 Å². The first-order valence-electron chi connectivity index (χ1n) is 10.6. The molecule has 0 heterocycles. The maximum atomic E-state index is 12.4. The Hall–Kier alpha value is -1.56. The Morgan fingerprint density at radius 1 is 1.00 bits per heavy atom. The van der Waals surface area contributed by atoms with Crippen molar-refractivity contribution in [2.24, 2.45) is 17.8 Å². The molecule has 0 bridgehead atoms. The molecule has 3 heteroatoms. The summed E-state index contributed by atoms with van der Waals surface area (Å²) in [6.07, 6.45) is 21.2. The molecule has 3 nitrogen and oxygen atoms in total. The Morgan fingerprint density at radius 3 is 2.31 bits per heavy atom. The van der Waals surface area contributed by atoms with E-state index >= 15 is 0 Å². The first-order valence-corrected chi connectivity index (χ1v) is 10.6. The van der Waals surface area contributed by atoms with Gasteiger partial charge >= 0.3 is 5.97 Å². The predicted molar refractivity (Wildman–Crippen MR) is 105 cm³/mol. The summed E-state index contributed by atoms with van der Waals surface area (Å²) in [5, 5.41) is 8.42. The molecule has 2 aliphatic carbocycles. The number of rotatable bonds is 8. The zero-order chi connectivity index (χ0) is 18.6. The molecule has 144 valence electrons. The number of allylic oxidation sites excluding steroid dienone is 4. The average Bonchev–Trinajstić information content (AvgIpc) is 2.66. The molecule has 0 radical (unpaired) electrons. The first-order chi connectivity index (χ1) is 12.7. The summed E-state index contributed by atoms with van der Waals surface area (Å²) in [6.45, 7) is 2.25. The molecule has 2 saturated carbocycles. The van der Waals surface area contributed by atoms with E-state index in [1.807, 2.05) is 12.1 Å². The van der Waals surface area contributed by atoms with E-state index in [2.05, 4.69) is 13.0 Å². The van der Waals surface area contributed by atoms with Crippen LogP contribution in [0.15, 0.2) is 24.3 Å². The highest BCUT2D eigenvalue weighted by Crippen LogP contribution is 2.34. The highest BCUT2D eigenvalue weighted by molar-refractivity contribution is 5.72. The lowest BCUT2D eigenvalue weighted by Gasteiger charge is -2.31. The van der Waals surface area contributed by atoms with Crippen molar-refractivity contribution in [3.63, 3.8) is 0 Å². The van der Waals surface area contributed by atoms with Gasteiger partial charge in [-0.25, -0.2) is 0 Å². The summed E-state index contributed by atoms with van der Waals surface area (Å²) in [7, 11) is 0. The lowest BCUT2D eigenvalue weighted by Crippen LogP contribution is -2.30. The van der Waals surface area contributed by atoms with Crippen LogP contribution >= 0.6 is 0 Å². The minimum Gasteiger partial charge on any atom is -0.462 e. The lowest BCUT2D eigenvalue weighted by atomic mass is 9.80. The molecule has 2 aliphatic rings. The zero-order valence-corrected chi connectivity index (χ0v) is 16.4. The SMILES string of the molecule is CCC[C@H]1CC[C@H](C(=O)O[C@H]2CC[C@H](CCC=CC=CC#N)CC2)CC1. The molecular weight excluding hydrogens is 322 g/mol. The van der Waals surface area contributed by atoms with Crippen LogP contribution < -0.4 is 0 Å². The Bertz CT molecular complexity index is 501. The van der Waals surface area contributed by atoms with E-state index in [1.54, 1.807) is 6.08 Å². The number of esters is 1. The Morgan fingerprint density at radius 2 is 1.65 bits per heavy atom. The highest BCUT2D eigenvalue weighted by Gasteiger charge is 2.30. The van der Waals surface area contributed by atoms with Gasteiger partial charge in [0.1, 0.15) is 6.10 Å². The Labute approximate surface area is 159 Å². The van der Waals surface area contributed by atoms with Gasteiger partial charge in [-0.1, -0.05) is 38.0 Å². The van der Waals surface area contributed by atoms with Crippen molar-refractivity contribution < 1.29 is 9.53 Å². The third-order valence-corrected chi connectivity index (χ3v) is 6.11. The number of carbonyl (C=O) groups is 1. The second-order valence-electron chi connectivity index (χ2n) is 8.08. The van der Waals surface area contributed by atoms with Gasteiger partial charge in [0.15, 0.2) is 0 Å². The molecule has 0 aromatic heterocycles. The summed E-state index contributed by atoms with van der Waals surface area (Å²) in [5.74, 6) is 1.83. The van der Waals surface area contributed by atoms with Crippen LogP contribution in [0.3, 0.4) is 0 Å². The van der Waals surface area contributed by atoms with Crippen LogP contribution in [0.2, 0.25) is 0 Å². The summed E-state index contributed by atoms with van der Waals surface area (Å²) in [5.41, 5.74) is 0. The van der Waals surface area contributed by atoms with E-state index in [0.717, 1.165) is 43.9 Å². The number of nitriles is 1. The standard InChI is InChI=1S/C23H35NO2/c1-2-8-19-10-14-21(15-11-19)23(25)26-22-16-12-20(13-17-22)9-6-4-3-5-7-18-24/h3-5,7,19-22H,2,6,8-17H2,1H3/t19-,20-,21-,22-. The summed E-state index contributed by atoms with van der Waals surface area (Å²) < 4.78 is 5.85. The number of hydrogen-bond donors (Lipinski definition) is 0. The maximum Gasteiger partial charge on any atom is 0.309 e. The minimum atomic E-state index is 0.0793. The molecule has 0 aromatic rings. The maximum absolute atomic E-state index is 12.4. The number of hydrogen-bond acceptors (Lipinski definition) is 3. The van der Waals surface area contributed by atoms with Crippen LogP contribution in [0.25, 0.3) is 0 Å². The fourth-order valence-corrected chi connectivity index (χ4v) is 4.50. The Balaban J connectivity index is 1.60. The fraction of sp³-hybridized carbons (Fsp3) is 0.739. The molecule has 26 heavy (non-hydrogen) atoms. The van der Waals surface area contributed by atoms with Crippen LogP contribution in [0.4, 0.5) is 0 Å². The van der Waals surface area contributed by atoms with Gasteiger partial charge in [-0.2, -0.15) is 5.26 Å². The second kappa shape index (κ2) is 11.9. The molecule has 0 atom stereocenters. The van der Waals surface area contributed by atoms with Crippen molar-refractivity contribution >= 4 is 5.97 Å². The van der Waals surface area contributed by atoms with Crippen molar-refractivity contribution in [2.45, 2.75) is 90.1 Å². The van der Waals surface area contributed by atoms with Gasteiger partial charge in [0.2, 0.25) is 0 Å². The number of carbonyl (C=O) groups excluding carboxylic acids is 1. The normalized spacial score (nSPS) is 29.7. The molecule has 0 aliphatic heterocycles. The highest BCUT2D eigenvalue weighted by atomic mass is 16.5. The van der Waals surface area contributed by atoms with Gasteiger partial charge in [0.25, 0.3) is 0 Å². The van der Waals surface area contributed by atoms with Crippen molar-refractivity contribution in [2.75, 3.05) is 0 Å². The monoisotopic (exact) mass is 357 g/mol. The van der Waals surface area contributed by atoms with Crippen molar-refractivity contribution in [1.82, 2.24) is 0 Å². The third-order valence-electron chi connectivity index (χ3n) is 6.11. The van der Waals surface area contributed by atoms with Gasteiger partial charge in [-0.3, -0.25) is 4.79 Å². The van der Waals surface area contributed by atoms with E-state index in [9.17, 15) is 4.79 Å². The van der Waals surface area contributed by atoms with Gasteiger partial charge in [0.05, 0.1) is 12.0 Å². The minimum absolute atomic E-state index is 0.0793. The molecule has 2 fully saturated rings. The van der Waals surface area contributed by atoms with E-state index in [4.69, 9.17) is 10.00 Å². The quantitative estimate of drug-likeness (QED) is 0.299. The summed E-state index contributed by atoms with van der Waals surface area (Å²) in [4.78, 5) is 12.4. The Kier molecular flexibility index (Phi) is 9.53. The topological polar surface area (TPSA) is 50.1 Å². The average molecular weight is 358 g/mol. The van der Waals surface area contributed by atoms with Crippen molar-refractivity contribution in [3.05, 3.63) is 24.3 Å². The molecule has 0 N–H and O–H groups in total. The van der Waals surface area contributed by atoms with Crippen LogP contribution in [-0.2, 0) is 9.53 Å². The van der Waals surface area contributed by atoms with E-state index in [-0.39, 0.29) is 18.0 Å². The summed E-state index contributed by atoms with van der Waals surface area (Å²) in [6, 6.07) is 1.99. The van der Waals surface area contributed by atoms with E-state index < -0.39 is 0 Å². The van der Waals surface area contributed by atoms with Crippen LogP contribution in [-0.4, -0.2) is 12.1 Å². The zero-order valence-electron chi connectivity index (χ0n) is 16.4. The first kappa shape index (κ1) is 20.7. The summed E-state index contributed by atoms with van der Waals surface area (Å²) >= 11 is 0. The van der Waals surface area contributed by atoms with Gasteiger partial charge in [-0.15, -0.1) is 0 Å². The van der Waals surface area contributed by atoms with E-state index in [0.29, 0.717) is 0 Å². The second-order valence-corrected chi connectivity index (χ2v) is 8.08. The molecule has 0 aromatic carbocycles. The number of ether oxygens (including phenoxy) is 1. The molecule has 0 spiro atoms. The van der Waals surface area contributed by atoms with Crippen LogP contribution in [0.5, 0.6) is 0 Å². The smallest absolute Gasteiger partial charge is 0.309 e. The molecular formula is C23H35NO2. The third kappa shape index (κ3) is 7.36. The molecule has 0 unspecified atom stereocenters.